The molecular weight excluding hydrogens is 1320 g/mol. The molecule has 566 valence electrons. The van der Waals surface area contributed by atoms with Crippen molar-refractivity contribution >= 4 is 82.5 Å². The molecule has 14 atom stereocenters. The van der Waals surface area contributed by atoms with Gasteiger partial charge in [0.05, 0.1) is 18.9 Å². The number of fused-ring (bicyclic) bond motifs is 2. The Bertz CT molecular complexity index is 2930. The molecule has 0 bridgehead atoms. The summed E-state index contributed by atoms with van der Waals surface area (Å²) < 4.78 is 42.1. The maximum absolute atomic E-state index is 15.5. The van der Waals surface area contributed by atoms with Crippen molar-refractivity contribution in [2.45, 2.75) is 269 Å². The summed E-state index contributed by atoms with van der Waals surface area (Å²) in [4.78, 5) is 191. The van der Waals surface area contributed by atoms with Gasteiger partial charge in [-0.3, -0.25) is 57.5 Å². The van der Waals surface area contributed by atoms with Crippen LogP contribution in [-0.4, -0.2) is 262 Å². The van der Waals surface area contributed by atoms with Crippen LogP contribution >= 0.6 is 11.6 Å². The van der Waals surface area contributed by atoms with E-state index < -0.39 is 173 Å². The average Bonchev–Trinajstić information content (AvgIpc) is 1.20. The second kappa shape index (κ2) is 35.7. The Hall–Kier alpha value is -6.28. The number of carbonyl (C=O) groups excluding carboxylic acids is 12. The number of alkyl halides is 4. The summed E-state index contributed by atoms with van der Waals surface area (Å²) in [5.41, 5.74) is -1.57. The van der Waals surface area contributed by atoms with E-state index in [9.17, 15) is 41.9 Å². The molecule has 3 heterocycles. The summed E-state index contributed by atoms with van der Waals surface area (Å²) in [6, 6.07) is -10.9. The van der Waals surface area contributed by atoms with Crippen LogP contribution < -0.4 is 16.0 Å². The van der Waals surface area contributed by atoms with E-state index in [4.69, 9.17) is 11.6 Å². The molecule has 0 aromatic carbocycles. The molecular formula is C72H118ClF3N12O12. The molecule has 3 unspecified atom stereocenters. The van der Waals surface area contributed by atoms with Gasteiger partial charge in [0.25, 0.3) is 0 Å². The zero-order valence-corrected chi connectivity index (χ0v) is 63.2. The Morgan fingerprint density at radius 1 is 0.640 bits per heavy atom. The van der Waals surface area contributed by atoms with E-state index in [0.717, 1.165) is 30.6 Å². The molecule has 12 amide bonds. The lowest BCUT2D eigenvalue weighted by Crippen LogP contribution is -2.65. The molecule has 6 fully saturated rings. The fourth-order valence-corrected chi connectivity index (χ4v) is 16.5. The van der Waals surface area contributed by atoms with Gasteiger partial charge in [-0.2, -0.15) is 13.2 Å². The molecule has 1 spiro atoms. The van der Waals surface area contributed by atoms with Crippen molar-refractivity contribution in [1.29, 1.82) is 0 Å². The summed E-state index contributed by atoms with van der Waals surface area (Å²) in [6.45, 7) is 15.9. The van der Waals surface area contributed by atoms with Crippen molar-refractivity contribution in [1.82, 2.24) is 60.0 Å². The van der Waals surface area contributed by atoms with Crippen molar-refractivity contribution in [3.05, 3.63) is 0 Å². The van der Waals surface area contributed by atoms with Crippen LogP contribution in [0.4, 0.5) is 13.2 Å². The molecule has 0 radical (unpaired) electrons. The van der Waals surface area contributed by atoms with Crippen molar-refractivity contribution in [2.24, 2.45) is 41.4 Å². The molecule has 3 aliphatic heterocycles. The van der Waals surface area contributed by atoms with E-state index in [2.05, 4.69) is 22.9 Å². The summed E-state index contributed by atoms with van der Waals surface area (Å²) in [5, 5.41) is 7.62. The van der Waals surface area contributed by atoms with Gasteiger partial charge in [-0.05, 0) is 126 Å². The van der Waals surface area contributed by atoms with E-state index in [0.29, 0.717) is 38.0 Å². The lowest BCUT2D eigenvalue weighted by molar-refractivity contribution is -0.182. The van der Waals surface area contributed by atoms with E-state index in [1.165, 1.54) is 95.5 Å². The Morgan fingerprint density at radius 2 is 1.25 bits per heavy atom. The number of hydrogen-bond acceptors (Lipinski definition) is 12. The lowest BCUT2D eigenvalue weighted by atomic mass is 9.78. The first kappa shape index (κ1) is 82.7. The fraction of sp³-hybridized carbons (Fsp3) is 0.833. The number of hydrogen-bond donors (Lipinski definition) is 3. The van der Waals surface area contributed by atoms with Crippen LogP contribution in [0.15, 0.2) is 0 Å². The van der Waals surface area contributed by atoms with E-state index >= 15 is 28.8 Å². The number of halogens is 4. The van der Waals surface area contributed by atoms with Gasteiger partial charge in [-0.1, -0.05) is 99.8 Å². The van der Waals surface area contributed by atoms with Crippen LogP contribution in [0.25, 0.3) is 0 Å². The highest BCUT2D eigenvalue weighted by Gasteiger charge is 2.52. The molecule has 28 heteroatoms. The van der Waals surface area contributed by atoms with E-state index in [-0.39, 0.29) is 108 Å². The number of carbonyl (C=O) groups is 12. The van der Waals surface area contributed by atoms with Gasteiger partial charge < -0.3 is 60.0 Å². The third-order valence-electron chi connectivity index (χ3n) is 23.2. The van der Waals surface area contributed by atoms with Crippen LogP contribution in [0.3, 0.4) is 0 Å². The van der Waals surface area contributed by atoms with Crippen LogP contribution in [0.2, 0.25) is 0 Å². The summed E-state index contributed by atoms with van der Waals surface area (Å²) >= 11 is 6.41. The predicted octanol–water partition coefficient (Wildman–Crippen LogP) is 6.19. The van der Waals surface area contributed by atoms with E-state index in [1.807, 2.05) is 27.7 Å². The number of likely N-dealkylation sites (N-methyl/N-ethyl adjacent to an activating group) is 7. The topological polar surface area (TPSA) is 270 Å². The summed E-state index contributed by atoms with van der Waals surface area (Å²) in [5.74, 6) is -10.4. The van der Waals surface area contributed by atoms with Crippen LogP contribution in [0.1, 0.15) is 197 Å². The Labute approximate surface area is 596 Å². The van der Waals surface area contributed by atoms with Crippen molar-refractivity contribution in [3.8, 4) is 0 Å². The van der Waals surface area contributed by atoms with Gasteiger partial charge in [0.2, 0.25) is 70.9 Å². The fourth-order valence-electron chi connectivity index (χ4n) is 16.0. The maximum Gasteiger partial charge on any atom is 0.393 e. The van der Waals surface area contributed by atoms with Crippen LogP contribution in [0, 0.1) is 41.4 Å². The maximum atomic E-state index is 15.5. The van der Waals surface area contributed by atoms with Gasteiger partial charge in [-0.15, -0.1) is 11.6 Å². The smallest absolute Gasteiger partial charge is 0.347 e. The third-order valence-corrected chi connectivity index (χ3v) is 23.7. The van der Waals surface area contributed by atoms with Gasteiger partial charge in [0.15, 0.2) is 0 Å². The number of rotatable bonds is 13. The third kappa shape index (κ3) is 19.5. The molecule has 6 rings (SSSR count). The minimum Gasteiger partial charge on any atom is -0.347 e. The first-order valence-corrected chi connectivity index (χ1v) is 37.4. The van der Waals surface area contributed by atoms with Gasteiger partial charge in [-0.25, -0.2) is 0 Å². The molecule has 0 aromatic rings. The van der Waals surface area contributed by atoms with Gasteiger partial charge in [0, 0.05) is 74.3 Å². The Balaban J connectivity index is 1.43. The van der Waals surface area contributed by atoms with Crippen LogP contribution in [0.5, 0.6) is 0 Å². The number of nitrogens with zero attached hydrogens (tertiary/aromatic N) is 9. The monoisotopic (exact) mass is 1430 g/mol. The number of nitrogens with one attached hydrogen (secondary N) is 3. The zero-order valence-electron chi connectivity index (χ0n) is 62.4. The van der Waals surface area contributed by atoms with E-state index in [1.54, 1.807) is 20.8 Å². The molecule has 3 aliphatic carbocycles. The SMILES string of the molecule is CC[C@H](C)[C@@H]1NC(=O)[C@H](CC(C)C)N(CC)C(=O)C[C@@H](C(=O)N(C)C)N(C)C(=O)[C@H]([C@@H](C)CC)N(C)C(=O)C2(CCCC2)NC(=O)[C@@H]2CCCN2C(=O)[C@H](CCC2CCC(C(F)(F)F)C(Cl)C2)NC(=O)CN(C)C(=O)[C@H](CC2CCC(C)CC2)N(C)C(=O)[C@@H]2CCN2C(=O)[C@H](C)N(C)C1=O. The minimum absolute atomic E-state index is 0.00221. The Kier molecular flexibility index (Phi) is 29.6. The first-order chi connectivity index (χ1) is 46.9. The summed E-state index contributed by atoms with van der Waals surface area (Å²) in [6.07, 6.45) is 1.54. The second-order valence-corrected chi connectivity index (χ2v) is 31.4. The molecule has 3 saturated carbocycles. The normalized spacial score (nSPS) is 31.6. The molecule has 24 nitrogen and oxygen atoms in total. The van der Waals surface area contributed by atoms with Crippen molar-refractivity contribution in [3.63, 3.8) is 0 Å². The molecule has 3 N–H and O–H groups in total. The average molecular weight is 1440 g/mol. The zero-order chi connectivity index (χ0) is 74.7. The van der Waals surface area contributed by atoms with Gasteiger partial charge in [0.1, 0.15) is 59.9 Å². The number of amides is 12. The Morgan fingerprint density at radius 3 is 1.80 bits per heavy atom. The highest BCUT2D eigenvalue weighted by atomic mass is 35.5. The lowest BCUT2D eigenvalue weighted by Gasteiger charge is -2.45. The second-order valence-electron chi connectivity index (χ2n) is 30.8. The largest absolute Gasteiger partial charge is 0.393 e. The molecule has 3 saturated heterocycles. The van der Waals surface area contributed by atoms with Gasteiger partial charge >= 0.3 is 6.18 Å². The van der Waals surface area contributed by atoms with Crippen molar-refractivity contribution in [2.75, 3.05) is 75.5 Å². The van der Waals surface area contributed by atoms with Crippen LogP contribution in [-0.2, 0) is 57.5 Å². The highest BCUT2D eigenvalue weighted by Crippen LogP contribution is 2.44. The molecule has 0 aromatic heterocycles. The molecule has 6 aliphatic rings. The highest BCUT2D eigenvalue weighted by molar-refractivity contribution is 6.21. The quantitative estimate of drug-likeness (QED) is 0.174. The standard InChI is InChI=1S/C72H118ClF3N12O12/c1-17-44(7)59-68(98)82(13)46(9)63(93)88-36-32-53(88)67(97)83(14)55(39-48-26-24-43(6)25-27-48)66(96)81(12)41-57(89)77-51(31-29-47-28-30-49(50(73)38-47)72(74,75)76)64(94)87-35-22-23-52(87)62(92)79-71(33-20-21-34-71)70(100)85(16)60(45(8)18-2)69(99)84(15)56(65(95)80(10)11)40-58(90)86(19-3)54(37-42(4)5)61(91)78-59/h42-56,59-60H,17-41H2,1-16H3,(H,77,89)(H,78,91)(H,79,92)/t43?,44-,45-,46-,47?,48?,49?,50?,51-,52-,53-,54-,55-,56-,59-,60-/m0/s1. The minimum atomic E-state index is -4.51. The summed E-state index contributed by atoms with van der Waals surface area (Å²) in [7, 11) is 10.2. The first-order valence-electron chi connectivity index (χ1n) is 36.9. The molecule has 100 heavy (non-hydrogen) atoms. The predicted molar refractivity (Wildman–Crippen MR) is 372 cm³/mol. The van der Waals surface area contributed by atoms with Crippen molar-refractivity contribution < 1.29 is 70.7 Å².